The van der Waals surface area contributed by atoms with Gasteiger partial charge in [0.2, 0.25) is 0 Å². The zero-order valence-corrected chi connectivity index (χ0v) is 18.2. The highest BCUT2D eigenvalue weighted by Gasteiger charge is 2.29. The van der Waals surface area contributed by atoms with Crippen molar-refractivity contribution in [3.63, 3.8) is 0 Å². The summed E-state index contributed by atoms with van der Waals surface area (Å²) < 4.78 is 11.1. The van der Waals surface area contributed by atoms with Gasteiger partial charge in [0.1, 0.15) is 11.4 Å². The molecule has 1 atom stereocenters. The summed E-state index contributed by atoms with van der Waals surface area (Å²) in [6, 6.07) is 7.45. The molecule has 2 heterocycles. The van der Waals surface area contributed by atoms with Crippen LogP contribution in [0.25, 0.3) is 10.9 Å². The first-order valence-electron chi connectivity index (χ1n) is 10.3. The van der Waals surface area contributed by atoms with E-state index in [1.807, 2.05) is 17.0 Å². The summed E-state index contributed by atoms with van der Waals surface area (Å²) >= 11 is 6.18. The quantitative estimate of drug-likeness (QED) is 0.657. The smallest absolute Gasteiger partial charge is 0.273 e. The van der Waals surface area contributed by atoms with Gasteiger partial charge in [-0.3, -0.25) is 4.79 Å². The molecule has 7 heteroatoms. The number of amides is 1. The number of fused-ring (bicyclic) bond motifs is 1. The lowest BCUT2D eigenvalue weighted by Gasteiger charge is -2.37. The third kappa shape index (κ3) is 5.38. The summed E-state index contributed by atoms with van der Waals surface area (Å²) in [5, 5.41) is 4.81. The molecule has 0 spiro atoms. The highest BCUT2D eigenvalue weighted by atomic mass is 35.5. The van der Waals surface area contributed by atoms with Crippen LogP contribution in [0.15, 0.2) is 24.3 Å². The van der Waals surface area contributed by atoms with Gasteiger partial charge in [-0.05, 0) is 51.4 Å². The second-order valence-corrected chi connectivity index (χ2v) is 8.10. The number of pyridine rings is 1. The van der Waals surface area contributed by atoms with Gasteiger partial charge in [-0.15, -0.1) is 0 Å². The molecule has 1 fully saturated rings. The van der Waals surface area contributed by atoms with Crippen molar-refractivity contribution in [2.45, 2.75) is 45.2 Å². The lowest BCUT2D eigenvalue weighted by atomic mass is 10.0. The number of halogens is 1. The van der Waals surface area contributed by atoms with Crippen LogP contribution in [0.2, 0.25) is 5.02 Å². The Morgan fingerprint density at radius 1 is 1.34 bits per heavy atom. The second-order valence-electron chi connectivity index (χ2n) is 7.67. The second kappa shape index (κ2) is 10.2. The zero-order chi connectivity index (χ0) is 20.8. The van der Waals surface area contributed by atoms with E-state index in [-0.39, 0.29) is 18.0 Å². The van der Waals surface area contributed by atoms with Crippen LogP contribution in [-0.4, -0.2) is 61.3 Å². The predicted molar refractivity (Wildman–Crippen MR) is 116 cm³/mol. The molecular formula is C22H30ClN3O3. The summed E-state index contributed by atoms with van der Waals surface area (Å²) in [6.07, 6.45) is 2.83. The van der Waals surface area contributed by atoms with Crippen molar-refractivity contribution in [1.82, 2.24) is 15.2 Å². The molecule has 1 aromatic heterocycles. The maximum absolute atomic E-state index is 13.5. The Morgan fingerprint density at radius 2 is 2.17 bits per heavy atom. The SMILES string of the molecule is COCCCOc1cc(C(=O)N(C(C)C)[C@@H]2CCCNC2)nc2ccc(Cl)cc12. The number of rotatable bonds is 8. The minimum absolute atomic E-state index is 0.0627. The van der Waals surface area contributed by atoms with Crippen molar-refractivity contribution in [2.75, 3.05) is 33.4 Å². The van der Waals surface area contributed by atoms with Gasteiger partial charge in [0, 0.05) is 55.2 Å². The van der Waals surface area contributed by atoms with Crippen molar-refractivity contribution in [3.05, 3.63) is 35.0 Å². The lowest BCUT2D eigenvalue weighted by molar-refractivity contribution is 0.0567. The Kier molecular flexibility index (Phi) is 7.70. The highest BCUT2D eigenvalue weighted by molar-refractivity contribution is 6.31. The Morgan fingerprint density at radius 3 is 2.86 bits per heavy atom. The molecule has 0 aliphatic carbocycles. The van der Waals surface area contributed by atoms with Gasteiger partial charge in [0.25, 0.3) is 5.91 Å². The van der Waals surface area contributed by atoms with E-state index in [0.29, 0.717) is 35.2 Å². The van der Waals surface area contributed by atoms with E-state index in [0.717, 1.165) is 37.7 Å². The van der Waals surface area contributed by atoms with E-state index < -0.39 is 0 Å². The third-order valence-electron chi connectivity index (χ3n) is 5.16. The number of hydrogen-bond acceptors (Lipinski definition) is 5. The van der Waals surface area contributed by atoms with Gasteiger partial charge >= 0.3 is 0 Å². The largest absolute Gasteiger partial charge is 0.493 e. The molecule has 1 saturated heterocycles. The molecule has 1 amide bonds. The van der Waals surface area contributed by atoms with E-state index in [4.69, 9.17) is 21.1 Å². The Bertz CT molecular complexity index is 837. The maximum atomic E-state index is 13.5. The van der Waals surface area contributed by atoms with Crippen LogP contribution in [0, 0.1) is 0 Å². The minimum atomic E-state index is -0.0627. The fourth-order valence-electron chi connectivity index (χ4n) is 3.81. The van der Waals surface area contributed by atoms with Crippen LogP contribution in [-0.2, 0) is 4.74 Å². The van der Waals surface area contributed by atoms with E-state index in [2.05, 4.69) is 24.1 Å². The first-order valence-corrected chi connectivity index (χ1v) is 10.6. The van der Waals surface area contributed by atoms with Gasteiger partial charge in [0.15, 0.2) is 0 Å². The van der Waals surface area contributed by atoms with Crippen LogP contribution in [0.4, 0.5) is 0 Å². The molecule has 0 saturated carbocycles. The number of nitrogens with one attached hydrogen (secondary N) is 1. The Hall–Kier alpha value is -1.89. The molecule has 1 aliphatic heterocycles. The fourth-order valence-corrected chi connectivity index (χ4v) is 3.98. The van der Waals surface area contributed by atoms with Crippen molar-refractivity contribution >= 4 is 28.4 Å². The van der Waals surface area contributed by atoms with Gasteiger partial charge in [-0.2, -0.15) is 0 Å². The van der Waals surface area contributed by atoms with Crippen molar-refractivity contribution < 1.29 is 14.3 Å². The molecule has 1 aromatic carbocycles. The molecule has 158 valence electrons. The molecule has 1 aliphatic rings. The molecular weight excluding hydrogens is 390 g/mol. The van der Waals surface area contributed by atoms with Crippen LogP contribution in [0.3, 0.4) is 0 Å². The number of aromatic nitrogens is 1. The molecule has 0 unspecified atom stereocenters. The predicted octanol–water partition coefficient (Wildman–Crippen LogP) is 3.91. The number of methoxy groups -OCH3 is 1. The fraction of sp³-hybridized carbons (Fsp3) is 0.545. The Labute approximate surface area is 177 Å². The van der Waals surface area contributed by atoms with Crippen LogP contribution >= 0.6 is 11.6 Å². The van der Waals surface area contributed by atoms with Crippen molar-refractivity contribution in [1.29, 1.82) is 0 Å². The molecule has 0 radical (unpaired) electrons. The molecule has 2 aromatic rings. The average molecular weight is 420 g/mol. The number of ether oxygens (including phenoxy) is 2. The van der Waals surface area contributed by atoms with E-state index in [9.17, 15) is 4.79 Å². The van der Waals surface area contributed by atoms with E-state index in [1.54, 1.807) is 19.2 Å². The molecule has 29 heavy (non-hydrogen) atoms. The summed E-state index contributed by atoms with van der Waals surface area (Å²) in [4.78, 5) is 20.1. The topological polar surface area (TPSA) is 63.7 Å². The Balaban J connectivity index is 1.94. The highest BCUT2D eigenvalue weighted by Crippen LogP contribution is 2.29. The summed E-state index contributed by atoms with van der Waals surface area (Å²) in [6.45, 7) is 7.03. The monoisotopic (exact) mass is 419 g/mol. The normalized spacial score (nSPS) is 16.9. The minimum Gasteiger partial charge on any atom is -0.493 e. The number of hydrogen-bond donors (Lipinski definition) is 1. The van der Waals surface area contributed by atoms with Gasteiger partial charge in [0.05, 0.1) is 12.1 Å². The van der Waals surface area contributed by atoms with E-state index >= 15 is 0 Å². The molecule has 1 N–H and O–H groups in total. The summed E-state index contributed by atoms with van der Waals surface area (Å²) in [7, 11) is 1.67. The maximum Gasteiger partial charge on any atom is 0.273 e. The van der Waals surface area contributed by atoms with Crippen LogP contribution in [0.1, 0.15) is 43.6 Å². The van der Waals surface area contributed by atoms with Gasteiger partial charge in [-0.1, -0.05) is 11.6 Å². The number of carbonyl (C=O) groups excluding carboxylic acids is 1. The first kappa shape index (κ1) is 21.8. The lowest BCUT2D eigenvalue weighted by Crippen LogP contribution is -2.51. The van der Waals surface area contributed by atoms with Crippen LogP contribution in [0.5, 0.6) is 5.75 Å². The number of carbonyl (C=O) groups is 1. The standard InChI is InChI=1S/C22H30ClN3O3/c1-15(2)26(17-6-4-9-24-14-17)22(27)20-13-21(29-11-5-10-28-3)18-12-16(23)7-8-19(18)25-20/h7-8,12-13,15,17,24H,4-6,9-11,14H2,1-3H3/t17-/m1/s1. The first-order chi connectivity index (χ1) is 14.0. The third-order valence-corrected chi connectivity index (χ3v) is 5.39. The van der Waals surface area contributed by atoms with Crippen molar-refractivity contribution in [3.8, 4) is 5.75 Å². The average Bonchev–Trinajstić information content (AvgIpc) is 2.71. The summed E-state index contributed by atoms with van der Waals surface area (Å²) in [5.74, 6) is 0.565. The zero-order valence-electron chi connectivity index (χ0n) is 17.4. The summed E-state index contributed by atoms with van der Waals surface area (Å²) in [5.41, 5.74) is 1.10. The number of benzene rings is 1. The molecule has 3 rings (SSSR count). The van der Waals surface area contributed by atoms with Crippen molar-refractivity contribution in [2.24, 2.45) is 0 Å². The van der Waals surface area contributed by atoms with Gasteiger partial charge < -0.3 is 19.7 Å². The number of piperidine rings is 1. The van der Waals surface area contributed by atoms with E-state index in [1.165, 1.54) is 0 Å². The van der Waals surface area contributed by atoms with Crippen LogP contribution < -0.4 is 10.1 Å². The molecule has 0 bridgehead atoms. The van der Waals surface area contributed by atoms with Gasteiger partial charge in [-0.25, -0.2) is 4.98 Å². The molecule has 6 nitrogen and oxygen atoms in total. The number of nitrogens with zero attached hydrogens (tertiary/aromatic N) is 2.